The topological polar surface area (TPSA) is 68.4 Å². The van der Waals surface area contributed by atoms with Crippen molar-refractivity contribution >= 4 is 5.91 Å². The SMILES string of the molecule is O=C(NC1CCN(C2Cc3ccccc3C2O)CC1)c1ccc[nH]1. The van der Waals surface area contributed by atoms with Crippen molar-refractivity contribution in [3.63, 3.8) is 0 Å². The van der Waals surface area contributed by atoms with Crippen molar-refractivity contribution in [2.45, 2.75) is 37.5 Å². The summed E-state index contributed by atoms with van der Waals surface area (Å²) in [7, 11) is 0. The lowest BCUT2D eigenvalue weighted by Crippen LogP contribution is -2.49. The van der Waals surface area contributed by atoms with Gasteiger partial charge in [-0.05, 0) is 42.5 Å². The summed E-state index contributed by atoms with van der Waals surface area (Å²) in [5.74, 6) is -0.0354. The minimum atomic E-state index is -0.397. The molecule has 126 valence electrons. The molecule has 1 fully saturated rings. The van der Waals surface area contributed by atoms with Gasteiger partial charge in [0, 0.05) is 31.4 Å². The van der Waals surface area contributed by atoms with E-state index in [1.54, 1.807) is 12.3 Å². The van der Waals surface area contributed by atoms with Gasteiger partial charge in [-0.25, -0.2) is 0 Å². The molecule has 3 N–H and O–H groups in total. The van der Waals surface area contributed by atoms with Crippen LogP contribution in [0, 0.1) is 0 Å². The molecular weight excluding hydrogens is 302 g/mol. The second-order valence-electron chi connectivity index (χ2n) is 6.78. The average Bonchev–Trinajstić information content (AvgIpc) is 3.25. The van der Waals surface area contributed by atoms with Crippen LogP contribution in [-0.4, -0.2) is 46.1 Å². The molecule has 0 radical (unpaired) electrons. The van der Waals surface area contributed by atoms with E-state index in [0.717, 1.165) is 37.9 Å². The number of fused-ring (bicyclic) bond motifs is 1. The van der Waals surface area contributed by atoms with Crippen LogP contribution >= 0.6 is 0 Å². The third-order valence-corrected chi connectivity index (χ3v) is 5.34. The van der Waals surface area contributed by atoms with Crippen molar-refractivity contribution in [3.05, 3.63) is 59.4 Å². The molecule has 1 aromatic heterocycles. The van der Waals surface area contributed by atoms with Crippen LogP contribution in [-0.2, 0) is 6.42 Å². The Morgan fingerprint density at radius 2 is 1.96 bits per heavy atom. The van der Waals surface area contributed by atoms with Gasteiger partial charge in [0.15, 0.2) is 0 Å². The first-order valence-corrected chi connectivity index (χ1v) is 8.66. The molecule has 2 atom stereocenters. The van der Waals surface area contributed by atoms with Crippen LogP contribution in [0.3, 0.4) is 0 Å². The van der Waals surface area contributed by atoms with Crippen LogP contribution in [0.5, 0.6) is 0 Å². The zero-order valence-electron chi connectivity index (χ0n) is 13.6. The Balaban J connectivity index is 1.33. The molecule has 24 heavy (non-hydrogen) atoms. The van der Waals surface area contributed by atoms with Crippen molar-refractivity contribution in [2.75, 3.05) is 13.1 Å². The minimum Gasteiger partial charge on any atom is -0.387 e. The van der Waals surface area contributed by atoms with Gasteiger partial charge in [0.2, 0.25) is 0 Å². The lowest BCUT2D eigenvalue weighted by Gasteiger charge is -2.37. The number of carbonyl (C=O) groups excluding carboxylic acids is 1. The number of benzene rings is 1. The van der Waals surface area contributed by atoms with Gasteiger partial charge in [-0.15, -0.1) is 0 Å². The highest BCUT2D eigenvalue weighted by Crippen LogP contribution is 2.35. The number of nitrogens with one attached hydrogen (secondary N) is 2. The van der Waals surface area contributed by atoms with Gasteiger partial charge >= 0.3 is 0 Å². The molecule has 1 saturated heterocycles. The molecule has 2 aliphatic rings. The van der Waals surface area contributed by atoms with Crippen molar-refractivity contribution in [2.24, 2.45) is 0 Å². The summed E-state index contributed by atoms with van der Waals surface area (Å²) in [5, 5.41) is 13.7. The fourth-order valence-corrected chi connectivity index (χ4v) is 3.99. The largest absolute Gasteiger partial charge is 0.387 e. The van der Waals surface area contributed by atoms with Gasteiger partial charge in [0.05, 0.1) is 6.10 Å². The summed E-state index contributed by atoms with van der Waals surface area (Å²) in [6.45, 7) is 1.82. The van der Waals surface area contributed by atoms with Crippen molar-refractivity contribution < 1.29 is 9.90 Å². The number of aliphatic hydroxyl groups excluding tert-OH is 1. The summed E-state index contributed by atoms with van der Waals surface area (Å²) in [5.41, 5.74) is 2.95. The summed E-state index contributed by atoms with van der Waals surface area (Å²) in [6, 6.07) is 12.2. The Kier molecular flexibility index (Phi) is 4.12. The van der Waals surface area contributed by atoms with Crippen LogP contribution in [0.2, 0.25) is 0 Å². The van der Waals surface area contributed by atoms with E-state index >= 15 is 0 Å². The Labute approximate surface area is 141 Å². The van der Waals surface area contributed by atoms with E-state index in [-0.39, 0.29) is 18.0 Å². The molecule has 5 nitrogen and oxygen atoms in total. The number of aromatic nitrogens is 1. The first kappa shape index (κ1) is 15.4. The molecule has 0 bridgehead atoms. The Morgan fingerprint density at radius 1 is 1.17 bits per heavy atom. The van der Waals surface area contributed by atoms with Crippen molar-refractivity contribution in [1.29, 1.82) is 0 Å². The molecule has 0 saturated carbocycles. The average molecular weight is 325 g/mol. The highest BCUT2D eigenvalue weighted by molar-refractivity contribution is 5.92. The predicted molar refractivity (Wildman–Crippen MR) is 91.7 cm³/mol. The van der Waals surface area contributed by atoms with Gasteiger partial charge < -0.3 is 15.4 Å². The first-order chi connectivity index (χ1) is 11.7. The summed E-state index contributed by atoms with van der Waals surface area (Å²) in [6.07, 6.45) is 4.12. The number of H-pyrrole nitrogens is 1. The molecule has 1 aliphatic heterocycles. The maximum atomic E-state index is 12.1. The Bertz CT molecular complexity index is 705. The summed E-state index contributed by atoms with van der Waals surface area (Å²) in [4.78, 5) is 17.4. The molecule has 1 amide bonds. The molecule has 2 heterocycles. The molecular formula is C19H23N3O2. The third kappa shape index (κ3) is 2.85. The van der Waals surface area contributed by atoms with Crippen LogP contribution in [0.4, 0.5) is 0 Å². The number of aliphatic hydroxyl groups is 1. The zero-order valence-corrected chi connectivity index (χ0v) is 13.6. The van der Waals surface area contributed by atoms with E-state index in [9.17, 15) is 9.90 Å². The molecule has 2 aromatic rings. The fourth-order valence-electron chi connectivity index (χ4n) is 3.99. The van der Waals surface area contributed by atoms with E-state index in [1.807, 2.05) is 24.3 Å². The van der Waals surface area contributed by atoms with Gasteiger partial charge in [0.1, 0.15) is 5.69 Å². The quantitative estimate of drug-likeness (QED) is 0.807. The Morgan fingerprint density at radius 3 is 2.67 bits per heavy atom. The molecule has 1 aromatic carbocycles. The highest BCUT2D eigenvalue weighted by Gasteiger charge is 2.36. The maximum Gasteiger partial charge on any atom is 0.267 e. The first-order valence-electron chi connectivity index (χ1n) is 8.66. The standard InChI is InChI=1S/C19H23N3O2/c23-18-15-5-2-1-4-13(15)12-17(18)22-10-7-14(8-11-22)21-19(24)16-6-3-9-20-16/h1-6,9,14,17-18,20,23H,7-8,10-12H2,(H,21,24). The number of likely N-dealkylation sites (tertiary alicyclic amines) is 1. The normalized spacial score (nSPS) is 24.7. The molecule has 1 aliphatic carbocycles. The predicted octanol–water partition coefficient (Wildman–Crippen LogP) is 1.87. The fraction of sp³-hybridized carbons (Fsp3) is 0.421. The summed E-state index contributed by atoms with van der Waals surface area (Å²) >= 11 is 0. The lowest BCUT2D eigenvalue weighted by molar-refractivity contribution is 0.0427. The van der Waals surface area contributed by atoms with E-state index in [2.05, 4.69) is 21.3 Å². The number of aromatic amines is 1. The number of amides is 1. The molecule has 5 heteroatoms. The molecule has 0 spiro atoms. The Hall–Kier alpha value is -2.11. The van der Waals surface area contributed by atoms with Gasteiger partial charge in [0.25, 0.3) is 5.91 Å². The molecule has 4 rings (SSSR count). The van der Waals surface area contributed by atoms with E-state index in [1.165, 1.54) is 5.56 Å². The second-order valence-corrected chi connectivity index (χ2v) is 6.78. The number of piperidine rings is 1. The number of carbonyl (C=O) groups is 1. The lowest BCUT2D eigenvalue weighted by atomic mass is 10.0. The zero-order chi connectivity index (χ0) is 16.5. The van der Waals surface area contributed by atoms with Crippen LogP contribution in [0.1, 0.15) is 40.6 Å². The molecule has 2 unspecified atom stereocenters. The van der Waals surface area contributed by atoms with Gasteiger partial charge in [-0.3, -0.25) is 9.69 Å². The highest BCUT2D eigenvalue weighted by atomic mass is 16.3. The monoisotopic (exact) mass is 325 g/mol. The smallest absolute Gasteiger partial charge is 0.267 e. The number of nitrogens with zero attached hydrogens (tertiary/aromatic N) is 1. The van der Waals surface area contributed by atoms with Crippen LogP contribution in [0.25, 0.3) is 0 Å². The van der Waals surface area contributed by atoms with Crippen LogP contribution in [0.15, 0.2) is 42.6 Å². The van der Waals surface area contributed by atoms with Crippen molar-refractivity contribution in [3.8, 4) is 0 Å². The van der Waals surface area contributed by atoms with E-state index < -0.39 is 6.10 Å². The van der Waals surface area contributed by atoms with Gasteiger partial charge in [-0.1, -0.05) is 24.3 Å². The number of hydrogen-bond donors (Lipinski definition) is 3. The minimum absolute atomic E-state index is 0.0354. The van der Waals surface area contributed by atoms with Gasteiger partial charge in [-0.2, -0.15) is 0 Å². The van der Waals surface area contributed by atoms with E-state index in [0.29, 0.717) is 5.69 Å². The van der Waals surface area contributed by atoms with E-state index in [4.69, 9.17) is 0 Å². The van der Waals surface area contributed by atoms with Crippen LogP contribution < -0.4 is 5.32 Å². The third-order valence-electron chi connectivity index (χ3n) is 5.34. The maximum absolute atomic E-state index is 12.1. The second kappa shape index (κ2) is 6.42. The van der Waals surface area contributed by atoms with Crippen molar-refractivity contribution in [1.82, 2.24) is 15.2 Å². The number of hydrogen-bond acceptors (Lipinski definition) is 3. The number of rotatable bonds is 3. The summed E-state index contributed by atoms with van der Waals surface area (Å²) < 4.78 is 0.